The summed E-state index contributed by atoms with van der Waals surface area (Å²) in [6.45, 7) is 3.84. The highest BCUT2D eigenvalue weighted by Crippen LogP contribution is 2.34. The molecule has 0 amide bonds. The van der Waals surface area contributed by atoms with E-state index in [0.29, 0.717) is 0 Å². The summed E-state index contributed by atoms with van der Waals surface area (Å²) in [7, 11) is -4.17. The summed E-state index contributed by atoms with van der Waals surface area (Å²) in [6, 6.07) is 2.91. The second kappa shape index (κ2) is 6.15. The fraction of sp³-hybridized carbons (Fsp3) is 0.462. The van der Waals surface area contributed by atoms with Crippen LogP contribution in [0.5, 0.6) is 0 Å². The first-order chi connectivity index (χ1) is 9.47. The van der Waals surface area contributed by atoms with Crippen molar-refractivity contribution >= 4 is 15.8 Å². The minimum absolute atomic E-state index is 0.344. The number of halogens is 3. The predicted molar refractivity (Wildman–Crippen MR) is 71.2 cm³/mol. The van der Waals surface area contributed by atoms with Crippen molar-refractivity contribution in [2.24, 2.45) is 5.92 Å². The Morgan fingerprint density at radius 1 is 1.29 bits per heavy atom. The molecule has 0 atom stereocenters. The lowest BCUT2D eigenvalue weighted by atomic mass is 10.1. The molecule has 0 fully saturated rings. The molecular weight excluding hydrogens is 307 g/mol. The van der Waals surface area contributed by atoms with Crippen LogP contribution in [0.3, 0.4) is 0 Å². The minimum Gasteiger partial charge on any atom is -0.298 e. The van der Waals surface area contributed by atoms with E-state index in [4.69, 9.17) is 0 Å². The van der Waals surface area contributed by atoms with Gasteiger partial charge in [0.1, 0.15) is 5.78 Å². The van der Waals surface area contributed by atoms with Crippen LogP contribution in [0.1, 0.15) is 25.0 Å². The zero-order valence-electron chi connectivity index (χ0n) is 11.8. The smallest absolute Gasteiger partial charge is 0.298 e. The molecule has 0 aliphatic rings. The number of Topliss-reactive ketones (excluding diaryl/α,β-unsaturated/α-hetero) is 1. The van der Waals surface area contributed by atoms with Gasteiger partial charge in [0.2, 0.25) is 10.0 Å². The Balaban J connectivity index is 3.13. The number of hydrogen-bond acceptors (Lipinski definition) is 3. The van der Waals surface area contributed by atoms with Crippen molar-refractivity contribution in [3.8, 4) is 0 Å². The van der Waals surface area contributed by atoms with E-state index < -0.39 is 38.8 Å². The van der Waals surface area contributed by atoms with Gasteiger partial charge in [0.25, 0.3) is 0 Å². The summed E-state index contributed by atoms with van der Waals surface area (Å²) < 4.78 is 64.4. The largest absolute Gasteiger partial charge is 0.416 e. The van der Waals surface area contributed by atoms with Crippen molar-refractivity contribution in [3.05, 3.63) is 29.3 Å². The SMILES string of the molecule is Cc1c(C(F)(F)F)cccc1S(=O)(=O)NCC(=O)C(C)C. The number of hydrogen-bond donors (Lipinski definition) is 1. The molecule has 0 bridgehead atoms. The maximum Gasteiger partial charge on any atom is 0.416 e. The molecule has 0 unspecified atom stereocenters. The summed E-state index contributed by atoms with van der Waals surface area (Å²) in [5, 5.41) is 0. The summed E-state index contributed by atoms with van der Waals surface area (Å²) in [5.74, 6) is -0.710. The maximum absolute atomic E-state index is 12.8. The lowest BCUT2D eigenvalue weighted by Crippen LogP contribution is -2.32. The molecule has 21 heavy (non-hydrogen) atoms. The van der Waals surface area contributed by atoms with Gasteiger partial charge in [-0.05, 0) is 24.6 Å². The van der Waals surface area contributed by atoms with E-state index in [1.54, 1.807) is 13.8 Å². The molecule has 0 aliphatic heterocycles. The summed E-state index contributed by atoms with van der Waals surface area (Å²) in [6.07, 6.45) is -4.64. The fourth-order valence-electron chi connectivity index (χ4n) is 1.66. The van der Waals surface area contributed by atoms with Crippen LogP contribution in [0.25, 0.3) is 0 Å². The average Bonchev–Trinajstić information content (AvgIpc) is 2.34. The van der Waals surface area contributed by atoms with Crippen molar-refractivity contribution in [3.63, 3.8) is 0 Å². The number of alkyl halides is 3. The molecular formula is C13H16F3NO3S. The molecule has 4 nitrogen and oxygen atoms in total. The Labute approximate surface area is 121 Å². The third-order valence-corrected chi connectivity index (χ3v) is 4.51. The molecule has 1 rings (SSSR count). The Bertz CT molecular complexity index is 637. The molecule has 1 N–H and O–H groups in total. The summed E-state index contributed by atoms with van der Waals surface area (Å²) in [4.78, 5) is 10.9. The highest BCUT2D eigenvalue weighted by atomic mass is 32.2. The molecule has 1 aromatic rings. The normalized spacial score (nSPS) is 12.7. The van der Waals surface area contributed by atoms with E-state index >= 15 is 0 Å². The highest BCUT2D eigenvalue weighted by Gasteiger charge is 2.34. The van der Waals surface area contributed by atoms with Crippen LogP contribution in [0, 0.1) is 12.8 Å². The molecule has 0 radical (unpaired) electrons. The van der Waals surface area contributed by atoms with E-state index in [-0.39, 0.29) is 11.7 Å². The number of sulfonamides is 1. The van der Waals surface area contributed by atoms with E-state index in [9.17, 15) is 26.4 Å². The van der Waals surface area contributed by atoms with Gasteiger partial charge in [0, 0.05) is 5.92 Å². The molecule has 118 valence electrons. The van der Waals surface area contributed by atoms with E-state index in [0.717, 1.165) is 25.1 Å². The molecule has 0 heterocycles. The average molecular weight is 323 g/mol. The zero-order chi connectivity index (χ0) is 16.4. The van der Waals surface area contributed by atoms with Crippen LogP contribution in [-0.4, -0.2) is 20.7 Å². The molecule has 8 heteroatoms. The van der Waals surface area contributed by atoms with Gasteiger partial charge in [-0.1, -0.05) is 19.9 Å². The van der Waals surface area contributed by atoms with Crippen LogP contribution in [0.15, 0.2) is 23.1 Å². The van der Waals surface area contributed by atoms with Crippen molar-refractivity contribution in [2.45, 2.75) is 31.8 Å². The van der Waals surface area contributed by atoms with E-state index in [2.05, 4.69) is 0 Å². The first-order valence-electron chi connectivity index (χ1n) is 6.16. The van der Waals surface area contributed by atoms with Crippen LogP contribution in [-0.2, 0) is 21.0 Å². The Morgan fingerprint density at radius 3 is 2.33 bits per heavy atom. The van der Waals surface area contributed by atoms with Gasteiger partial charge in [0.15, 0.2) is 0 Å². The molecule has 0 saturated carbocycles. The summed E-state index contributed by atoms with van der Waals surface area (Å²) in [5.41, 5.74) is -1.41. The molecule has 0 spiro atoms. The third kappa shape index (κ3) is 4.28. The lowest BCUT2D eigenvalue weighted by molar-refractivity contribution is -0.138. The van der Waals surface area contributed by atoms with Crippen LogP contribution < -0.4 is 4.72 Å². The maximum atomic E-state index is 12.8. The second-order valence-electron chi connectivity index (χ2n) is 4.87. The first-order valence-corrected chi connectivity index (χ1v) is 7.64. The van der Waals surface area contributed by atoms with Crippen LogP contribution in [0.4, 0.5) is 13.2 Å². The molecule has 0 aliphatic carbocycles. The number of rotatable bonds is 5. The van der Waals surface area contributed by atoms with Crippen molar-refractivity contribution < 1.29 is 26.4 Å². The molecule has 0 aromatic heterocycles. The molecule has 1 aromatic carbocycles. The quantitative estimate of drug-likeness (QED) is 0.905. The second-order valence-corrected chi connectivity index (χ2v) is 6.61. The van der Waals surface area contributed by atoms with Gasteiger partial charge < -0.3 is 0 Å². The van der Waals surface area contributed by atoms with Crippen LogP contribution in [0.2, 0.25) is 0 Å². The van der Waals surface area contributed by atoms with Gasteiger partial charge in [-0.15, -0.1) is 0 Å². The summed E-state index contributed by atoms with van der Waals surface area (Å²) >= 11 is 0. The van der Waals surface area contributed by atoms with Crippen molar-refractivity contribution in [1.82, 2.24) is 4.72 Å². The van der Waals surface area contributed by atoms with E-state index in [1.165, 1.54) is 0 Å². The Morgan fingerprint density at radius 2 is 1.86 bits per heavy atom. The first kappa shape index (κ1) is 17.6. The standard InChI is InChI=1S/C13H16F3NO3S/c1-8(2)11(18)7-17-21(19,20)12-6-4-5-10(9(12)3)13(14,15)16/h4-6,8,17H,7H2,1-3H3. The zero-order valence-corrected chi connectivity index (χ0v) is 12.6. The number of nitrogens with one attached hydrogen (secondary N) is 1. The highest BCUT2D eigenvalue weighted by molar-refractivity contribution is 7.89. The van der Waals surface area contributed by atoms with Crippen LogP contribution >= 0.6 is 0 Å². The molecule has 0 saturated heterocycles. The number of carbonyl (C=O) groups excluding carboxylic acids is 1. The van der Waals surface area contributed by atoms with Gasteiger partial charge in [-0.25, -0.2) is 13.1 Å². The fourth-order valence-corrected chi connectivity index (χ4v) is 2.92. The Kier molecular flexibility index (Phi) is 5.16. The van der Waals surface area contributed by atoms with Gasteiger partial charge in [-0.2, -0.15) is 13.2 Å². The van der Waals surface area contributed by atoms with Gasteiger partial charge in [-0.3, -0.25) is 4.79 Å². The van der Waals surface area contributed by atoms with Gasteiger partial charge >= 0.3 is 6.18 Å². The monoisotopic (exact) mass is 323 g/mol. The number of carbonyl (C=O) groups is 1. The Hall–Kier alpha value is -1.41. The number of ketones is 1. The van der Waals surface area contributed by atoms with Crippen molar-refractivity contribution in [1.29, 1.82) is 0 Å². The minimum atomic E-state index is -4.64. The third-order valence-electron chi connectivity index (χ3n) is 2.96. The van der Waals surface area contributed by atoms with Crippen molar-refractivity contribution in [2.75, 3.05) is 6.54 Å². The lowest BCUT2D eigenvalue weighted by Gasteiger charge is -2.14. The predicted octanol–water partition coefficient (Wildman–Crippen LogP) is 2.52. The number of benzene rings is 1. The topological polar surface area (TPSA) is 63.2 Å². The van der Waals surface area contributed by atoms with Gasteiger partial charge in [0.05, 0.1) is 17.0 Å². The van der Waals surface area contributed by atoms with E-state index in [1.807, 2.05) is 4.72 Å².